The summed E-state index contributed by atoms with van der Waals surface area (Å²) in [6.07, 6.45) is 6.48. The Bertz CT molecular complexity index is 418. The molecule has 0 unspecified atom stereocenters. The Morgan fingerprint density at radius 2 is 2.31 bits per heavy atom. The Kier molecular flexibility index (Phi) is 4.41. The topological polar surface area (TPSA) is 49.3 Å². The summed E-state index contributed by atoms with van der Waals surface area (Å²) in [5, 5.41) is 12.4. The van der Waals surface area contributed by atoms with Crippen LogP contribution in [0.1, 0.15) is 28.8 Å². The summed E-state index contributed by atoms with van der Waals surface area (Å²) in [4.78, 5) is 11.7. The fourth-order valence-corrected chi connectivity index (χ4v) is 1.33. The summed E-state index contributed by atoms with van der Waals surface area (Å²) in [6.45, 7) is 2.28. The molecule has 0 spiro atoms. The van der Waals surface area contributed by atoms with E-state index in [1.165, 1.54) is 0 Å². The number of para-hydroxylation sites is 1. The Morgan fingerprint density at radius 1 is 1.56 bits per heavy atom. The lowest BCUT2D eigenvalue weighted by atomic mass is 10.1. The lowest BCUT2D eigenvalue weighted by molar-refractivity contribution is 0.0950. The Hall–Kier alpha value is -1.95. The number of phenolic OH excluding ortho intramolecular Hbond substituents is 1. The zero-order chi connectivity index (χ0) is 12.0. The highest BCUT2D eigenvalue weighted by atomic mass is 16.3. The highest BCUT2D eigenvalue weighted by Gasteiger charge is 2.11. The lowest BCUT2D eigenvalue weighted by Crippen LogP contribution is -2.24. The number of benzene rings is 1. The maximum Gasteiger partial charge on any atom is 0.255 e. The van der Waals surface area contributed by atoms with Gasteiger partial charge in [-0.25, -0.2) is 0 Å². The van der Waals surface area contributed by atoms with Gasteiger partial charge in [0.1, 0.15) is 5.75 Å². The molecule has 84 valence electrons. The van der Waals surface area contributed by atoms with Gasteiger partial charge in [0.05, 0.1) is 5.56 Å². The van der Waals surface area contributed by atoms with Crippen molar-refractivity contribution in [2.75, 3.05) is 6.54 Å². The first-order chi connectivity index (χ1) is 7.66. The largest absolute Gasteiger partial charge is 0.507 e. The number of aryl methyl sites for hydroxylation is 1. The molecule has 0 aromatic heterocycles. The van der Waals surface area contributed by atoms with Crippen molar-refractivity contribution in [1.29, 1.82) is 0 Å². The van der Waals surface area contributed by atoms with Crippen LogP contribution in [0, 0.1) is 19.3 Å². The SMILES string of the molecule is C#CCCCNC(=O)c1cccc(C)c1O. The molecule has 1 amide bonds. The van der Waals surface area contributed by atoms with E-state index in [-0.39, 0.29) is 11.7 Å². The summed E-state index contributed by atoms with van der Waals surface area (Å²) in [7, 11) is 0. The summed E-state index contributed by atoms with van der Waals surface area (Å²) >= 11 is 0. The third-order valence-corrected chi connectivity index (χ3v) is 2.27. The van der Waals surface area contributed by atoms with E-state index in [1.807, 2.05) is 0 Å². The van der Waals surface area contributed by atoms with E-state index in [0.717, 1.165) is 6.42 Å². The molecular weight excluding hydrogens is 202 g/mol. The van der Waals surface area contributed by atoms with Crippen molar-refractivity contribution in [2.45, 2.75) is 19.8 Å². The van der Waals surface area contributed by atoms with Crippen LogP contribution in [0.15, 0.2) is 18.2 Å². The van der Waals surface area contributed by atoms with Gasteiger partial charge in [0.25, 0.3) is 5.91 Å². The number of phenols is 1. The number of amides is 1. The number of unbranched alkanes of at least 4 members (excludes halogenated alkanes) is 1. The van der Waals surface area contributed by atoms with E-state index in [9.17, 15) is 9.90 Å². The van der Waals surface area contributed by atoms with Gasteiger partial charge < -0.3 is 10.4 Å². The van der Waals surface area contributed by atoms with Gasteiger partial charge in [-0.15, -0.1) is 12.3 Å². The van der Waals surface area contributed by atoms with Gasteiger partial charge in [0.15, 0.2) is 0 Å². The predicted molar refractivity (Wildman–Crippen MR) is 63.2 cm³/mol. The zero-order valence-corrected chi connectivity index (χ0v) is 9.29. The number of rotatable bonds is 4. The number of carbonyl (C=O) groups is 1. The number of aromatic hydroxyl groups is 1. The number of hydrogen-bond donors (Lipinski definition) is 2. The highest BCUT2D eigenvalue weighted by molar-refractivity contribution is 5.97. The van der Waals surface area contributed by atoms with Crippen LogP contribution in [0.5, 0.6) is 5.75 Å². The number of carbonyl (C=O) groups excluding carboxylic acids is 1. The van der Waals surface area contributed by atoms with Gasteiger partial charge >= 0.3 is 0 Å². The van der Waals surface area contributed by atoms with Crippen LogP contribution in [0.3, 0.4) is 0 Å². The molecule has 1 aromatic rings. The van der Waals surface area contributed by atoms with Gasteiger partial charge in [-0.3, -0.25) is 4.79 Å². The fourth-order valence-electron chi connectivity index (χ4n) is 1.33. The summed E-state index contributed by atoms with van der Waals surface area (Å²) < 4.78 is 0. The molecular formula is C13H15NO2. The van der Waals surface area contributed by atoms with Gasteiger partial charge in [-0.2, -0.15) is 0 Å². The molecule has 3 nitrogen and oxygen atoms in total. The lowest BCUT2D eigenvalue weighted by Gasteiger charge is -2.07. The van der Waals surface area contributed by atoms with Gasteiger partial charge in [0.2, 0.25) is 0 Å². The summed E-state index contributed by atoms with van der Waals surface area (Å²) in [6, 6.07) is 5.09. The minimum atomic E-state index is -0.266. The van der Waals surface area contributed by atoms with Crippen molar-refractivity contribution in [2.24, 2.45) is 0 Å². The van der Waals surface area contributed by atoms with Gasteiger partial charge in [-0.1, -0.05) is 12.1 Å². The molecule has 0 aliphatic heterocycles. The third-order valence-electron chi connectivity index (χ3n) is 2.27. The monoisotopic (exact) mass is 217 g/mol. The minimum absolute atomic E-state index is 0.0388. The summed E-state index contributed by atoms with van der Waals surface area (Å²) in [5.41, 5.74) is 0.997. The van der Waals surface area contributed by atoms with E-state index in [1.54, 1.807) is 25.1 Å². The second-order valence-electron chi connectivity index (χ2n) is 3.53. The Morgan fingerprint density at radius 3 is 3.00 bits per heavy atom. The van der Waals surface area contributed by atoms with Crippen molar-refractivity contribution in [3.05, 3.63) is 29.3 Å². The summed E-state index contributed by atoms with van der Waals surface area (Å²) in [5.74, 6) is 2.27. The van der Waals surface area contributed by atoms with Crippen LogP contribution in [0.25, 0.3) is 0 Å². The second-order valence-corrected chi connectivity index (χ2v) is 3.53. The van der Waals surface area contributed by atoms with Crippen molar-refractivity contribution >= 4 is 5.91 Å². The van der Waals surface area contributed by atoms with Gasteiger partial charge in [-0.05, 0) is 25.0 Å². The van der Waals surface area contributed by atoms with E-state index >= 15 is 0 Å². The molecule has 16 heavy (non-hydrogen) atoms. The van der Waals surface area contributed by atoms with Crippen LogP contribution in [0.2, 0.25) is 0 Å². The Balaban J connectivity index is 2.60. The molecule has 0 heterocycles. The molecule has 0 aliphatic rings. The molecule has 0 radical (unpaired) electrons. The average Bonchev–Trinajstić information content (AvgIpc) is 2.28. The molecule has 1 aromatic carbocycles. The Labute approximate surface area is 95.5 Å². The molecule has 0 bridgehead atoms. The van der Waals surface area contributed by atoms with E-state index in [2.05, 4.69) is 11.2 Å². The molecule has 0 saturated heterocycles. The van der Waals surface area contributed by atoms with Crippen molar-refractivity contribution in [3.8, 4) is 18.1 Å². The average molecular weight is 217 g/mol. The maximum absolute atomic E-state index is 11.7. The van der Waals surface area contributed by atoms with Crippen molar-refractivity contribution in [1.82, 2.24) is 5.32 Å². The van der Waals surface area contributed by atoms with E-state index < -0.39 is 0 Å². The first-order valence-electron chi connectivity index (χ1n) is 5.17. The van der Waals surface area contributed by atoms with Crippen molar-refractivity contribution in [3.63, 3.8) is 0 Å². The molecule has 0 aliphatic carbocycles. The third kappa shape index (κ3) is 3.03. The molecule has 2 N–H and O–H groups in total. The first-order valence-corrected chi connectivity index (χ1v) is 5.17. The fraction of sp³-hybridized carbons (Fsp3) is 0.308. The van der Waals surface area contributed by atoms with Crippen LogP contribution < -0.4 is 5.32 Å². The van der Waals surface area contributed by atoms with Crippen LogP contribution in [-0.2, 0) is 0 Å². The number of nitrogens with one attached hydrogen (secondary N) is 1. The second kappa shape index (κ2) is 5.82. The number of terminal acetylenes is 1. The van der Waals surface area contributed by atoms with Crippen LogP contribution in [-0.4, -0.2) is 17.6 Å². The predicted octanol–water partition coefficient (Wildman–Crippen LogP) is 1.84. The quantitative estimate of drug-likeness (QED) is 0.597. The molecule has 3 heteroatoms. The van der Waals surface area contributed by atoms with Gasteiger partial charge in [0, 0.05) is 13.0 Å². The van der Waals surface area contributed by atoms with Crippen LogP contribution in [0.4, 0.5) is 0 Å². The number of hydrogen-bond acceptors (Lipinski definition) is 2. The smallest absolute Gasteiger partial charge is 0.255 e. The minimum Gasteiger partial charge on any atom is -0.507 e. The van der Waals surface area contributed by atoms with Crippen molar-refractivity contribution < 1.29 is 9.90 Å². The first kappa shape index (κ1) is 12.1. The maximum atomic E-state index is 11.7. The normalized spacial score (nSPS) is 9.50. The molecule has 0 saturated carbocycles. The van der Waals surface area contributed by atoms with E-state index in [4.69, 9.17) is 6.42 Å². The molecule has 1 rings (SSSR count). The standard InChI is InChI=1S/C13H15NO2/c1-3-4-5-9-14-13(16)11-8-6-7-10(2)12(11)15/h1,6-8,15H,4-5,9H2,2H3,(H,14,16). The van der Waals surface area contributed by atoms with Crippen LogP contribution >= 0.6 is 0 Å². The molecule has 0 fully saturated rings. The van der Waals surface area contributed by atoms with E-state index in [0.29, 0.717) is 24.1 Å². The molecule has 0 atom stereocenters. The zero-order valence-electron chi connectivity index (χ0n) is 9.29. The highest BCUT2D eigenvalue weighted by Crippen LogP contribution is 2.20.